The van der Waals surface area contributed by atoms with Crippen LogP contribution in [0, 0.1) is 0 Å². The van der Waals surface area contributed by atoms with Crippen LogP contribution in [0.3, 0.4) is 0 Å². The molecule has 0 aliphatic heterocycles. The summed E-state index contributed by atoms with van der Waals surface area (Å²) in [7, 11) is 1.95. The van der Waals surface area contributed by atoms with Crippen molar-refractivity contribution in [2.75, 3.05) is 17.7 Å². The summed E-state index contributed by atoms with van der Waals surface area (Å²) in [5.74, 6) is 0. The molecule has 0 saturated heterocycles. The minimum absolute atomic E-state index is 0.0586. The second-order valence-electron chi connectivity index (χ2n) is 4.63. The average molecular weight is 330 g/mol. The Bertz CT molecular complexity index is 629. The van der Waals surface area contributed by atoms with E-state index in [4.69, 9.17) is 40.5 Å². The van der Waals surface area contributed by atoms with Crippen LogP contribution in [0.4, 0.5) is 11.4 Å². The van der Waals surface area contributed by atoms with Gasteiger partial charge in [0.2, 0.25) is 0 Å². The molecule has 2 aromatic carbocycles. The number of nitrogens with zero attached hydrogens (tertiary/aromatic N) is 1. The molecule has 0 fully saturated rings. The smallest absolute Gasteiger partial charge is 0.0618 e. The van der Waals surface area contributed by atoms with Crippen LogP contribution in [0.2, 0.25) is 15.1 Å². The van der Waals surface area contributed by atoms with E-state index >= 15 is 0 Å². The first kappa shape index (κ1) is 15.3. The lowest BCUT2D eigenvalue weighted by atomic mass is 10.1. The maximum absolute atomic E-state index is 6.24. The standard InChI is InChI=1S/C15H15Cl3N2/c1-9(10-5-3-4-6-11(10)16)20(2)15-8-13(18)12(17)7-14(15)19/h3-9H,19H2,1-2H3. The van der Waals surface area contributed by atoms with Crippen LogP contribution in [0.1, 0.15) is 18.5 Å². The first-order valence-electron chi connectivity index (χ1n) is 6.13. The largest absolute Gasteiger partial charge is 0.397 e. The molecule has 0 saturated carbocycles. The molecule has 0 amide bonds. The quantitative estimate of drug-likeness (QED) is 0.761. The molecule has 1 unspecified atom stereocenters. The predicted octanol–water partition coefficient (Wildman–Crippen LogP) is 5.43. The highest BCUT2D eigenvalue weighted by Crippen LogP contribution is 2.37. The van der Waals surface area contributed by atoms with E-state index in [1.165, 1.54) is 0 Å². The van der Waals surface area contributed by atoms with Crippen LogP contribution in [0.25, 0.3) is 0 Å². The molecule has 0 aromatic heterocycles. The molecule has 5 heteroatoms. The van der Waals surface area contributed by atoms with Gasteiger partial charge >= 0.3 is 0 Å². The maximum atomic E-state index is 6.24. The first-order valence-corrected chi connectivity index (χ1v) is 7.27. The van der Waals surface area contributed by atoms with Gasteiger partial charge in [-0.25, -0.2) is 0 Å². The van der Waals surface area contributed by atoms with Crippen molar-refractivity contribution in [3.8, 4) is 0 Å². The van der Waals surface area contributed by atoms with Gasteiger partial charge in [-0.1, -0.05) is 53.0 Å². The first-order chi connectivity index (χ1) is 9.41. The van der Waals surface area contributed by atoms with Gasteiger partial charge in [-0.05, 0) is 30.7 Å². The summed E-state index contributed by atoms with van der Waals surface area (Å²) in [4.78, 5) is 2.03. The highest BCUT2D eigenvalue weighted by Gasteiger charge is 2.18. The van der Waals surface area contributed by atoms with E-state index in [0.717, 1.165) is 16.3 Å². The summed E-state index contributed by atoms with van der Waals surface area (Å²) < 4.78 is 0. The Labute approximate surface area is 134 Å². The molecule has 0 heterocycles. The summed E-state index contributed by atoms with van der Waals surface area (Å²) in [6, 6.07) is 11.2. The Morgan fingerprint density at radius 1 is 1.00 bits per heavy atom. The van der Waals surface area contributed by atoms with Crippen molar-refractivity contribution in [1.29, 1.82) is 0 Å². The molecule has 0 aliphatic rings. The zero-order chi connectivity index (χ0) is 14.9. The van der Waals surface area contributed by atoms with E-state index in [1.807, 2.05) is 36.2 Å². The summed E-state index contributed by atoms with van der Waals surface area (Å²) in [6.45, 7) is 2.06. The topological polar surface area (TPSA) is 29.3 Å². The van der Waals surface area contributed by atoms with Crippen LogP contribution < -0.4 is 10.6 Å². The number of hydrogen-bond acceptors (Lipinski definition) is 2. The molecule has 2 nitrogen and oxygen atoms in total. The highest BCUT2D eigenvalue weighted by molar-refractivity contribution is 6.42. The van der Waals surface area contributed by atoms with Crippen molar-refractivity contribution >= 4 is 46.2 Å². The van der Waals surface area contributed by atoms with Crippen molar-refractivity contribution in [2.24, 2.45) is 0 Å². The summed E-state index contributed by atoms with van der Waals surface area (Å²) in [6.07, 6.45) is 0. The SMILES string of the molecule is CC(c1ccccc1Cl)N(C)c1cc(Cl)c(Cl)cc1N. The maximum Gasteiger partial charge on any atom is 0.0618 e. The van der Waals surface area contributed by atoms with E-state index in [-0.39, 0.29) is 6.04 Å². The summed E-state index contributed by atoms with van der Waals surface area (Å²) >= 11 is 18.3. The monoisotopic (exact) mass is 328 g/mol. The number of benzene rings is 2. The Morgan fingerprint density at radius 3 is 2.25 bits per heavy atom. The Kier molecular flexibility index (Phi) is 4.69. The molecule has 0 aliphatic carbocycles. The van der Waals surface area contributed by atoms with Crippen molar-refractivity contribution in [2.45, 2.75) is 13.0 Å². The van der Waals surface area contributed by atoms with Crippen LogP contribution in [0.5, 0.6) is 0 Å². The van der Waals surface area contributed by atoms with Gasteiger partial charge in [0.15, 0.2) is 0 Å². The third-order valence-corrected chi connectivity index (χ3v) is 4.45. The molecule has 0 radical (unpaired) electrons. The molecule has 2 rings (SSSR count). The number of nitrogen functional groups attached to an aromatic ring is 1. The van der Waals surface area contributed by atoms with E-state index in [9.17, 15) is 0 Å². The molecule has 0 spiro atoms. The fraction of sp³-hybridized carbons (Fsp3) is 0.200. The number of hydrogen-bond donors (Lipinski definition) is 1. The molecule has 106 valence electrons. The van der Waals surface area contributed by atoms with Gasteiger partial charge in [0.05, 0.1) is 27.5 Å². The average Bonchev–Trinajstić information content (AvgIpc) is 2.42. The van der Waals surface area contributed by atoms with Crippen molar-refractivity contribution in [3.05, 3.63) is 57.0 Å². The van der Waals surface area contributed by atoms with E-state index in [0.29, 0.717) is 15.7 Å². The van der Waals surface area contributed by atoms with Crippen LogP contribution in [-0.4, -0.2) is 7.05 Å². The molecule has 2 N–H and O–H groups in total. The Hall–Kier alpha value is -1.09. The summed E-state index contributed by atoms with van der Waals surface area (Å²) in [5.41, 5.74) is 8.47. The lowest BCUT2D eigenvalue weighted by Gasteiger charge is -2.29. The van der Waals surface area contributed by atoms with Gasteiger partial charge < -0.3 is 10.6 Å². The minimum atomic E-state index is 0.0586. The number of nitrogens with two attached hydrogens (primary N) is 1. The fourth-order valence-electron chi connectivity index (χ4n) is 2.09. The molecule has 20 heavy (non-hydrogen) atoms. The molecule has 0 bridgehead atoms. The minimum Gasteiger partial charge on any atom is -0.397 e. The third kappa shape index (κ3) is 2.98. The number of halogens is 3. The number of rotatable bonds is 3. The zero-order valence-corrected chi connectivity index (χ0v) is 13.5. The van der Waals surface area contributed by atoms with E-state index in [2.05, 4.69) is 6.92 Å². The molecule has 1 atom stereocenters. The lowest BCUT2D eigenvalue weighted by molar-refractivity contribution is 0.741. The van der Waals surface area contributed by atoms with E-state index in [1.54, 1.807) is 12.1 Å². The second-order valence-corrected chi connectivity index (χ2v) is 5.86. The molecular weight excluding hydrogens is 315 g/mol. The highest BCUT2D eigenvalue weighted by atomic mass is 35.5. The molecular formula is C15H15Cl3N2. The van der Waals surface area contributed by atoms with Gasteiger partial charge in [0.25, 0.3) is 0 Å². The van der Waals surface area contributed by atoms with Crippen molar-refractivity contribution in [1.82, 2.24) is 0 Å². The van der Waals surface area contributed by atoms with Crippen LogP contribution >= 0.6 is 34.8 Å². The van der Waals surface area contributed by atoms with Gasteiger partial charge in [-0.15, -0.1) is 0 Å². The van der Waals surface area contributed by atoms with Gasteiger partial charge in [-0.3, -0.25) is 0 Å². The van der Waals surface area contributed by atoms with Gasteiger partial charge in [-0.2, -0.15) is 0 Å². The van der Waals surface area contributed by atoms with Crippen LogP contribution in [0.15, 0.2) is 36.4 Å². The lowest BCUT2D eigenvalue weighted by Crippen LogP contribution is -2.23. The second kappa shape index (κ2) is 6.13. The summed E-state index contributed by atoms with van der Waals surface area (Å²) in [5, 5.41) is 1.66. The van der Waals surface area contributed by atoms with Crippen molar-refractivity contribution in [3.63, 3.8) is 0 Å². The van der Waals surface area contributed by atoms with Gasteiger partial charge in [0.1, 0.15) is 0 Å². The third-order valence-electron chi connectivity index (χ3n) is 3.39. The zero-order valence-electron chi connectivity index (χ0n) is 11.2. The van der Waals surface area contributed by atoms with E-state index < -0.39 is 0 Å². The number of anilines is 2. The Balaban J connectivity index is 2.39. The normalized spacial score (nSPS) is 12.2. The predicted molar refractivity (Wildman–Crippen MR) is 89.1 cm³/mol. The molecule has 2 aromatic rings. The Morgan fingerprint density at radius 2 is 1.60 bits per heavy atom. The van der Waals surface area contributed by atoms with Gasteiger partial charge in [0, 0.05) is 12.1 Å². The fourth-order valence-corrected chi connectivity index (χ4v) is 2.71. The van der Waals surface area contributed by atoms with Crippen molar-refractivity contribution < 1.29 is 0 Å². The van der Waals surface area contributed by atoms with Crippen LogP contribution in [-0.2, 0) is 0 Å².